The maximum atomic E-state index is 13.6. The van der Waals surface area contributed by atoms with Gasteiger partial charge in [-0.2, -0.15) is 0 Å². The van der Waals surface area contributed by atoms with Crippen molar-refractivity contribution >= 4 is 5.97 Å². The van der Waals surface area contributed by atoms with E-state index in [4.69, 9.17) is 5.11 Å². The Morgan fingerprint density at radius 1 is 1.22 bits per heavy atom. The molecule has 1 aromatic carbocycles. The average molecular weight is 251 g/mol. The molecule has 0 amide bonds. The number of aromatic amines is 1. The van der Waals surface area contributed by atoms with Crippen LogP contribution in [0, 0.1) is 11.6 Å². The first-order chi connectivity index (χ1) is 8.52. The van der Waals surface area contributed by atoms with Crippen LogP contribution in [0.3, 0.4) is 0 Å². The smallest absolute Gasteiger partial charge is 0.336 e. The second kappa shape index (κ2) is 4.40. The quantitative estimate of drug-likeness (QED) is 0.857. The highest BCUT2D eigenvalue weighted by molar-refractivity contribution is 5.95. The standard InChI is InChI=1S/C12H7F2NO3/c13-8-3-1-2-6(10(8)14)9-7(12(17)18)4-5-15-11(9)16/h1-5H,(H,15,16)(H,17,18). The molecule has 92 valence electrons. The van der Waals surface area contributed by atoms with Crippen molar-refractivity contribution in [3.05, 3.63) is 58.0 Å². The fourth-order valence-electron chi connectivity index (χ4n) is 1.62. The monoisotopic (exact) mass is 251 g/mol. The van der Waals surface area contributed by atoms with Crippen LogP contribution in [0.4, 0.5) is 8.78 Å². The van der Waals surface area contributed by atoms with Gasteiger partial charge in [-0.25, -0.2) is 13.6 Å². The van der Waals surface area contributed by atoms with Crippen molar-refractivity contribution in [3.63, 3.8) is 0 Å². The molecule has 0 bridgehead atoms. The first-order valence-electron chi connectivity index (χ1n) is 4.91. The van der Waals surface area contributed by atoms with E-state index in [-0.39, 0.29) is 11.1 Å². The van der Waals surface area contributed by atoms with Gasteiger partial charge in [-0.15, -0.1) is 0 Å². The van der Waals surface area contributed by atoms with E-state index >= 15 is 0 Å². The Hall–Kier alpha value is -2.50. The van der Waals surface area contributed by atoms with Crippen molar-refractivity contribution in [1.29, 1.82) is 0 Å². The third-order valence-electron chi connectivity index (χ3n) is 2.41. The number of carboxylic acids is 1. The molecule has 0 saturated heterocycles. The third-order valence-corrected chi connectivity index (χ3v) is 2.41. The van der Waals surface area contributed by atoms with Gasteiger partial charge >= 0.3 is 5.97 Å². The highest BCUT2D eigenvalue weighted by atomic mass is 19.2. The van der Waals surface area contributed by atoms with Gasteiger partial charge in [0.05, 0.1) is 11.1 Å². The number of rotatable bonds is 2. The van der Waals surface area contributed by atoms with Gasteiger partial charge in [0, 0.05) is 11.8 Å². The summed E-state index contributed by atoms with van der Waals surface area (Å²) in [5.41, 5.74) is -1.96. The second-order valence-corrected chi connectivity index (χ2v) is 3.50. The summed E-state index contributed by atoms with van der Waals surface area (Å²) in [5, 5.41) is 8.94. The minimum Gasteiger partial charge on any atom is -0.478 e. The number of H-pyrrole nitrogens is 1. The molecular formula is C12H7F2NO3. The summed E-state index contributed by atoms with van der Waals surface area (Å²) in [4.78, 5) is 24.8. The van der Waals surface area contributed by atoms with Gasteiger partial charge in [0.2, 0.25) is 0 Å². The predicted molar refractivity (Wildman–Crippen MR) is 59.4 cm³/mol. The molecule has 0 atom stereocenters. The first kappa shape index (κ1) is 12.0. The highest BCUT2D eigenvalue weighted by Crippen LogP contribution is 2.24. The summed E-state index contributed by atoms with van der Waals surface area (Å²) in [6, 6.07) is 4.35. The predicted octanol–water partition coefficient (Wildman–Crippen LogP) is 2.02. The number of carbonyl (C=O) groups is 1. The highest BCUT2D eigenvalue weighted by Gasteiger charge is 2.19. The summed E-state index contributed by atoms with van der Waals surface area (Å²) in [6.07, 6.45) is 1.13. The summed E-state index contributed by atoms with van der Waals surface area (Å²) in [5.74, 6) is -3.79. The number of halogens is 2. The van der Waals surface area contributed by atoms with E-state index in [0.717, 1.165) is 24.4 Å². The Bertz CT molecular complexity index is 679. The van der Waals surface area contributed by atoms with E-state index in [0.29, 0.717) is 0 Å². The van der Waals surface area contributed by atoms with E-state index in [1.807, 2.05) is 0 Å². The molecule has 6 heteroatoms. The van der Waals surface area contributed by atoms with Crippen molar-refractivity contribution in [1.82, 2.24) is 4.98 Å². The van der Waals surface area contributed by atoms with Crippen LogP contribution >= 0.6 is 0 Å². The lowest BCUT2D eigenvalue weighted by Gasteiger charge is -2.06. The molecule has 0 aliphatic heterocycles. The maximum absolute atomic E-state index is 13.6. The molecule has 4 nitrogen and oxygen atoms in total. The molecule has 0 aliphatic carbocycles. The summed E-state index contributed by atoms with van der Waals surface area (Å²) in [7, 11) is 0. The minimum absolute atomic E-state index is 0.380. The Morgan fingerprint density at radius 3 is 2.61 bits per heavy atom. The third kappa shape index (κ3) is 1.88. The summed E-state index contributed by atoms with van der Waals surface area (Å²) in [6.45, 7) is 0. The van der Waals surface area contributed by atoms with Crippen LogP contribution in [0.5, 0.6) is 0 Å². The maximum Gasteiger partial charge on any atom is 0.336 e. The number of pyridine rings is 1. The lowest BCUT2D eigenvalue weighted by Crippen LogP contribution is -2.15. The zero-order valence-corrected chi connectivity index (χ0v) is 8.91. The summed E-state index contributed by atoms with van der Waals surface area (Å²) >= 11 is 0. The Labute approximate surface area is 99.5 Å². The molecule has 0 spiro atoms. The number of benzene rings is 1. The lowest BCUT2D eigenvalue weighted by molar-refractivity contribution is 0.0697. The number of carboxylic acid groups (broad SMARTS) is 1. The van der Waals surface area contributed by atoms with Crippen molar-refractivity contribution in [2.45, 2.75) is 0 Å². The molecule has 2 rings (SSSR count). The van der Waals surface area contributed by atoms with Gasteiger partial charge in [-0.05, 0) is 12.1 Å². The normalized spacial score (nSPS) is 10.3. The van der Waals surface area contributed by atoms with Gasteiger partial charge in [0.25, 0.3) is 5.56 Å². The molecule has 0 fully saturated rings. The average Bonchev–Trinajstić information content (AvgIpc) is 2.33. The largest absolute Gasteiger partial charge is 0.478 e. The van der Waals surface area contributed by atoms with Crippen LogP contribution < -0.4 is 5.56 Å². The second-order valence-electron chi connectivity index (χ2n) is 3.50. The molecule has 0 saturated carbocycles. The number of hydrogen-bond acceptors (Lipinski definition) is 2. The zero-order chi connectivity index (χ0) is 13.3. The molecular weight excluding hydrogens is 244 g/mol. The fraction of sp³-hybridized carbons (Fsp3) is 0. The van der Waals surface area contributed by atoms with Gasteiger partial charge in [0.1, 0.15) is 0 Å². The summed E-state index contributed by atoms with van der Waals surface area (Å²) < 4.78 is 26.7. The lowest BCUT2D eigenvalue weighted by atomic mass is 10.0. The number of aromatic carboxylic acids is 1. The first-order valence-corrected chi connectivity index (χ1v) is 4.91. The Balaban J connectivity index is 2.83. The number of hydrogen-bond donors (Lipinski definition) is 2. The van der Waals surface area contributed by atoms with E-state index in [9.17, 15) is 18.4 Å². The van der Waals surface area contributed by atoms with Crippen LogP contribution in [-0.4, -0.2) is 16.1 Å². The van der Waals surface area contributed by atoms with Crippen LogP contribution in [0.2, 0.25) is 0 Å². The molecule has 2 N–H and O–H groups in total. The van der Waals surface area contributed by atoms with Crippen molar-refractivity contribution < 1.29 is 18.7 Å². The molecule has 1 heterocycles. The van der Waals surface area contributed by atoms with Crippen LogP contribution in [0.25, 0.3) is 11.1 Å². The van der Waals surface area contributed by atoms with Gasteiger partial charge in [-0.3, -0.25) is 4.79 Å². The molecule has 1 aromatic heterocycles. The van der Waals surface area contributed by atoms with Gasteiger partial charge < -0.3 is 10.1 Å². The van der Waals surface area contributed by atoms with Gasteiger partial charge in [0.15, 0.2) is 11.6 Å². The van der Waals surface area contributed by atoms with E-state index in [1.54, 1.807) is 0 Å². The van der Waals surface area contributed by atoms with Crippen molar-refractivity contribution in [3.8, 4) is 11.1 Å². The van der Waals surface area contributed by atoms with E-state index < -0.39 is 28.7 Å². The number of nitrogens with one attached hydrogen (secondary N) is 1. The molecule has 2 aromatic rings. The minimum atomic E-state index is -1.39. The van der Waals surface area contributed by atoms with E-state index in [1.165, 1.54) is 6.07 Å². The Kier molecular flexibility index (Phi) is 2.93. The zero-order valence-electron chi connectivity index (χ0n) is 8.91. The van der Waals surface area contributed by atoms with Gasteiger partial charge in [-0.1, -0.05) is 12.1 Å². The molecule has 0 aliphatic rings. The van der Waals surface area contributed by atoms with Crippen molar-refractivity contribution in [2.24, 2.45) is 0 Å². The molecule has 18 heavy (non-hydrogen) atoms. The number of aromatic nitrogens is 1. The van der Waals surface area contributed by atoms with Crippen molar-refractivity contribution in [2.75, 3.05) is 0 Å². The Morgan fingerprint density at radius 2 is 1.94 bits per heavy atom. The van der Waals surface area contributed by atoms with E-state index in [2.05, 4.69) is 4.98 Å². The van der Waals surface area contributed by atoms with Crippen LogP contribution in [0.1, 0.15) is 10.4 Å². The van der Waals surface area contributed by atoms with Crippen LogP contribution in [0.15, 0.2) is 35.3 Å². The van der Waals surface area contributed by atoms with Crippen LogP contribution in [-0.2, 0) is 0 Å². The molecule has 0 unspecified atom stereocenters. The molecule has 0 radical (unpaired) electrons. The SMILES string of the molecule is O=C(O)c1cc[nH]c(=O)c1-c1cccc(F)c1F. The fourth-order valence-corrected chi connectivity index (χ4v) is 1.62. The topological polar surface area (TPSA) is 70.2 Å².